The third-order valence-corrected chi connectivity index (χ3v) is 2.79. The molecule has 1 aliphatic heterocycles. The Labute approximate surface area is 85.8 Å². The number of hydrogen-bond donors (Lipinski definition) is 1. The first-order chi connectivity index (χ1) is 6.86. The Bertz CT molecular complexity index is 322. The van der Waals surface area contributed by atoms with E-state index in [4.69, 9.17) is 0 Å². The fourth-order valence-corrected chi connectivity index (χ4v) is 1.87. The molecule has 14 heavy (non-hydrogen) atoms. The maximum Gasteiger partial charge on any atom is 0.0253 e. The molecule has 74 valence electrons. The Hall–Kier alpha value is -1.08. The lowest BCUT2D eigenvalue weighted by Gasteiger charge is -2.03. The van der Waals surface area contributed by atoms with Crippen molar-refractivity contribution in [3.63, 3.8) is 0 Å². The monoisotopic (exact) mass is 187 g/mol. The number of benzene rings is 1. The van der Waals surface area contributed by atoms with Gasteiger partial charge >= 0.3 is 0 Å². The van der Waals surface area contributed by atoms with Crippen LogP contribution < -0.4 is 5.32 Å². The lowest BCUT2D eigenvalue weighted by Crippen LogP contribution is -2.17. The molecule has 0 bridgehead atoms. The molecule has 1 heterocycles. The highest BCUT2D eigenvalue weighted by Crippen LogP contribution is 2.12. The van der Waals surface area contributed by atoms with Gasteiger partial charge in [-0.3, -0.25) is 0 Å². The summed E-state index contributed by atoms with van der Waals surface area (Å²) < 4.78 is 0. The van der Waals surface area contributed by atoms with Crippen molar-refractivity contribution < 1.29 is 0 Å². The average molecular weight is 187 g/mol. The zero-order valence-electron chi connectivity index (χ0n) is 8.66. The molecular weight excluding hydrogens is 170 g/mol. The molecule has 1 unspecified atom stereocenters. The number of rotatable bonds is 2. The molecule has 0 radical (unpaired) electrons. The Kier molecular flexibility index (Phi) is 3.00. The molecule has 1 fully saturated rings. The highest BCUT2D eigenvalue weighted by atomic mass is 14.9. The summed E-state index contributed by atoms with van der Waals surface area (Å²) >= 11 is 0. The smallest absolute Gasteiger partial charge is 0.0253 e. The van der Waals surface area contributed by atoms with E-state index in [9.17, 15) is 0 Å². The van der Waals surface area contributed by atoms with Crippen LogP contribution in [-0.2, 0) is 0 Å². The predicted octanol–water partition coefficient (Wildman–Crippen LogP) is 2.76. The summed E-state index contributed by atoms with van der Waals surface area (Å²) in [5.41, 5.74) is 2.68. The van der Waals surface area contributed by atoms with E-state index in [-0.39, 0.29) is 0 Å². The molecule has 1 nitrogen and oxygen atoms in total. The van der Waals surface area contributed by atoms with E-state index in [1.807, 2.05) is 0 Å². The van der Waals surface area contributed by atoms with Crippen LogP contribution in [0.25, 0.3) is 6.08 Å². The van der Waals surface area contributed by atoms with Crippen molar-refractivity contribution in [3.8, 4) is 0 Å². The molecule has 1 aliphatic rings. The number of nitrogens with one attached hydrogen (secondary N) is 1. The fraction of sp³-hybridized carbons (Fsp3) is 0.385. The fourth-order valence-electron chi connectivity index (χ4n) is 1.87. The molecule has 0 aliphatic carbocycles. The van der Waals surface area contributed by atoms with E-state index in [2.05, 4.69) is 48.7 Å². The van der Waals surface area contributed by atoms with Crippen LogP contribution in [0.15, 0.2) is 30.3 Å². The second kappa shape index (κ2) is 4.43. The van der Waals surface area contributed by atoms with Crippen LogP contribution in [0.4, 0.5) is 0 Å². The standard InChI is InChI=1S/C13H17N/c1-11-5-2-3-6-12(11)8-9-13-7-4-10-14-13/h2-3,5-6,8-9,13-14H,4,7,10H2,1H3/b9-8+. The quantitative estimate of drug-likeness (QED) is 0.750. The van der Waals surface area contributed by atoms with Crippen LogP contribution in [-0.4, -0.2) is 12.6 Å². The Morgan fingerprint density at radius 1 is 1.36 bits per heavy atom. The van der Waals surface area contributed by atoms with Gasteiger partial charge in [0.05, 0.1) is 0 Å². The summed E-state index contributed by atoms with van der Waals surface area (Å²) in [5, 5.41) is 3.46. The van der Waals surface area contributed by atoms with Gasteiger partial charge in [-0.1, -0.05) is 36.4 Å². The summed E-state index contributed by atoms with van der Waals surface area (Å²) in [6.07, 6.45) is 7.11. The number of hydrogen-bond acceptors (Lipinski definition) is 1. The first kappa shape index (κ1) is 9.47. The van der Waals surface area contributed by atoms with E-state index in [0.717, 1.165) is 0 Å². The maximum absolute atomic E-state index is 3.46. The maximum atomic E-state index is 3.46. The minimum atomic E-state index is 0.592. The summed E-state index contributed by atoms with van der Waals surface area (Å²) in [7, 11) is 0. The molecule has 1 saturated heterocycles. The molecule has 0 spiro atoms. The average Bonchev–Trinajstić information content (AvgIpc) is 2.69. The normalized spacial score (nSPS) is 21.9. The van der Waals surface area contributed by atoms with Crippen molar-refractivity contribution in [2.24, 2.45) is 0 Å². The van der Waals surface area contributed by atoms with Gasteiger partial charge in [-0.25, -0.2) is 0 Å². The van der Waals surface area contributed by atoms with Gasteiger partial charge in [0, 0.05) is 6.04 Å². The van der Waals surface area contributed by atoms with Crippen LogP contribution in [0.5, 0.6) is 0 Å². The summed E-state index contributed by atoms with van der Waals surface area (Å²) in [4.78, 5) is 0. The van der Waals surface area contributed by atoms with Gasteiger partial charge in [0.2, 0.25) is 0 Å². The molecule has 0 aromatic heterocycles. The van der Waals surface area contributed by atoms with Crippen LogP contribution in [0.3, 0.4) is 0 Å². The topological polar surface area (TPSA) is 12.0 Å². The first-order valence-electron chi connectivity index (χ1n) is 5.33. The summed E-state index contributed by atoms with van der Waals surface area (Å²) in [6.45, 7) is 3.32. The van der Waals surface area contributed by atoms with Crippen LogP contribution >= 0.6 is 0 Å². The van der Waals surface area contributed by atoms with Gasteiger partial charge in [0.25, 0.3) is 0 Å². The molecule has 0 saturated carbocycles. The van der Waals surface area contributed by atoms with Crippen molar-refractivity contribution in [2.45, 2.75) is 25.8 Å². The highest BCUT2D eigenvalue weighted by molar-refractivity contribution is 5.53. The molecule has 1 aromatic carbocycles. The molecule has 1 aromatic rings. The summed E-state index contributed by atoms with van der Waals surface area (Å²) in [5.74, 6) is 0. The van der Waals surface area contributed by atoms with E-state index in [0.29, 0.717) is 6.04 Å². The SMILES string of the molecule is Cc1ccccc1/C=C/C1CCCN1. The summed E-state index contributed by atoms with van der Waals surface area (Å²) in [6, 6.07) is 9.09. The Morgan fingerprint density at radius 3 is 2.93 bits per heavy atom. The van der Waals surface area contributed by atoms with E-state index in [1.165, 1.54) is 30.5 Å². The Balaban J connectivity index is 2.06. The second-order valence-electron chi connectivity index (χ2n) is 3.92. The van der Waals surface area contributed by atoms with E-state index < -0.39 is 0 Å². The van der Waals surface area contributed by atoms with Gasteiger partial charge in [-0.05, 0) is 37.4 Å². The van der Waals surface area contributed by atoms with Crippen molar-refractivity contribution in [1.29, 1.82) is 0 Å². The van der Waals surface area contributed by atoms with Gasteiger partial charge in [-0.15, -0.1) is 0 Å². The van der Waals surface area contributed by atoms with E-state index in [1.54, 1.807) is 0 Å². The first-order valence-corrected chi connectivity index (χ1v) is 5.33. The third-order valence-electron chi connectivity index (χ3n) is 2.79. The molecule has 2 rings (SSSR count). The molecule has 0 amide bonds. The van der Waals surface area contributed by atoms with E-state index >= 15 is 0 Å². The molecular formula is C13H17N. The minimum Gasteiger partial charge on any atom is -0.311 e. The highest BCUT2D eigenvalue weighted by Gasteiger charge is 2.09. The van der Waals surface area contributed by atoms with Gasteiger partial charge in [-0.2, -0.15) is 0 Å². The van der Waals surface area contributed by atoms with Crippen molar-refractivity contribution >= 4 is 6.08 Å². The molecule has 1 atom stereocenters. The lowest BCUT2D eigenvalue weighted by molar-refractivity contribution is 0.730. The lowest BCUT2D eigenvalue weighted by atomic mass is 10.1. The zero-order valence-corrected chi connectivity index (χ0v) is 8.66. The predicted molar refractivity (Wildman–Crippen MR) is 61.2 cm³/mol. The van der Waals surface area contributed by atoms with Crippen molar-refractivity contribution in [1.82, 2.24) is 5.32 Å². The minimum absolute atomic E-state index is 0.592. The molecule has 1 heteroatoms. The van der Waals surface area contributed by atoms with Gasteiger partial charge in [0.15, 0.2) is 0 Å². The van der Waals surface area contributed by atoms with Crippen LogP contribution in [0.2, 0.25) is 0 Å². The van der Waals surface area contributed by atoms with Gasteiger partial charge in [0.1, 0.15) is 0 Å². The third kappa shape index (κ3) is 2.24. The van der Waals surface area contributed by atoms with Crippen LogP contribution in [0, 0.1) is 6.92 Å². The van der Waals surface area contributed by atoms with Crippen molar-refractivity contribution in [2.75, 3.05) is 6.54 Å². The second-order valence-corrected chi connectivity index (χ2v) is 3.92. The molecule has 1 N–H and O–H groups in total. The zero-order chi connectivity index (χ0) is 9.80. The van der Waals surface area contributed by atoms with Gasteiger partial charge < -0.3 is 5.32 Å². The Morgan fingerprint density at radius 2 is 2.21 bits per heavy atom. The van der Waals surface area contributed by atoms with Crippen molar-refractivity contribution in [3.05, 3.63) is 41.5 Å². The van der Waals surface area contributed by atoms with Crippen LogP contribution in [0.1, 0.15) is 24.0 Å². The number of aryl methyl sites for hydroxylation is 1. The largest absolute Gasteiger partial charge is 0.311 e.